The van der Waals surface area contributed by atoms with Crippen molar-refractivity contribution in [2.75, 3.05) is 45.9 Å². The van der Waals surface area contributed by atoms with E-state index in [1.807, 2.05) is 6.08 Å². The van der Waals surface area contributed by atoms with E-state index in [9.17, 15) is 0 Å². The first kappa shape index (κ1) is 11.1. The van der Waals surface area contributed by atoms with Crippen molar-refractivity contribution >= 4 is 0 Å². The molecule has 0 unspecified atom stereocenters. The minimum atomic E-state index is 0.510. The maximum Gasteiger partial charge on any atom is 0.0702 e. The average molecular weight is 210 g/mol. The van der Waals surface area contributed by atoms with Gasteiger partial charge in [-0.2, -0.15) is 0 Å². The maximum atomic E-state index is 5.66. The van der Waals surface area contributed by atoms with Crippen LogP contribution in [0.1, 0.15) is 12.8 Å². The minimum absolute atomic E-state index is 0.510. The van der Waals surface area contributed by atoms with Gasteiger partial charge in [0.05, 0.1) is 6.10 Å². The molecule has 2 rings (SSSR count). The predicted molar refractivity (Wildman–Crippen MR) is 62.1 cm³/mol. The van der Waals surface area contributed by atoms with Gasteiger partial charge in [-0.15, -0.1) is 6.58 Å². The van der Waals surface area contributed by atoms with Crippen LogP contribution in [0.15, 0.2) is 12.7 Å². The highest BCUT2D eigenvalue weighted by Gasteiger charge is 2.22. The van der Waals surface area contributed by atoms with Gasteiger partial charge in [0.15, 0.2) is 0 Å². The van der Waals surface area contributed by atoms with Crippen molar-refractivity contribution < 1.29 is 4.74 Å². The van der Waals surface area contributed by atoms with E-state index in [-0.39, 0.29) is 0 Å². The Balaban J connectivity index is 1.66. The fourth-order valence-corrected chi connectivity index (χ4v) is 2.41. The lowest BCUT2D eigenvalue weighted by molar-refractivity contribution is 0.0526. The van der Waals surface area contributed by atoms with Crippen LogP contribution >= 0.6 is 0 Å². The Kier molecular flexibility index (Phi) is 4.18. The van der Waals surface area contributed by atoms with Crippen molar-refractivity contribution in [2.24, 2.45) is 0 Å². The van der Waals surface area contributed by atoms with Crippen molar-refractivity contribution in [2.45, 2.75) is 18.9 Å². The third-order valence-corrected chi connectivity index (χ3v) is 3.34. The van der Waals surface area contributed by atoms with E-state index >= 15 is 0 Å². The highest BCUT2D eigenvalue weighted by atomic mass is 16.5. The molecule has 0 bridgehead atoms. The first-order chi connectivity index (χ1) is 7.38. The van der Waals surface area contributed by atoms with E-state index in [1.165, 1.54) is 39.0 Å². The zero-order valence-corrected chi connectivity index (χ0v) is 9.53. The Morgan fingerprint density at radius 2 is 1.93 bits per heavy atom. The summed E-state index contributed by atoms with van der Waals surface area (Å²) in [5, 5.41) is 0. The highest BCUT2D eigenvalue weighted by Crippen LogP contribution is 2.14. The average Bonchev–Trinajstić information content (AvgIpc) is 2.74. The van der Waals surface area contributed by atoms with Gasteiger partial charge in [-0.05, 0) is 12.8 Å². The first-order valence-corrected chi connectivity index (χ1v) is 6.05. The molecule has 86 valence electrons. The van der Waals surface area contributed by atoms with E-state index < -0.39 is 0 Å². The van der Waals surface area contributed by atoms with Crippen LogP contribution in [0.2, 0.25) is 0 Å². The minimum Gasteiger partial charge on any atom is -0.377 e. The summed E-state index contributed by atoms with van der Waals surface area (Å²) in [4.78, 5) is 4.99. The number of ether oxygens (including phenoxy) is 1. The topological polar surface area (TPSA) is 15.7 Å². The molecular formula is C12H22N2O. The molecule has 0 aromatic heterocycles. The van der Waals surface area contributed by atoms with Crippen molar-refractivity contribution in [1.82, 2.24) is 9.80 Å². The molecule has 0 radical (unpaired) electrons. The molecular weight excluding hydrogens is 188 g/mol. The molecule has 2 aliphatic rings. The number of hydrogen-bond acceptors (Lipinski definition) is 3. The lowest BCUT2D eigenvalue weighted by Crippen LogP contribution is -2.48. The van der Waals surface area contributed by atoms with Crippen molar-refractivity contribution in [3.63, 3.8) is 0 Å². The van der Waals surface area contributed by atoms with E-state index in [1.54, 1.807) is 0 Å². The van der Waals surface area contributed by atoms with Gasteiger partial charge in [0, 0.05) is 45.9 Å². The van der Waals surface area contributed by atoms with Gasteiger partial charge in [-0.3, -0.25) is 9.80 Å². The quantitative estimate of drug-likeness (QED) is 0.643. The van der Waals surface area contributed by atoms with Crippen LogP contribution < -0.4 is 0 Å². The molecule has 0 aliphatic carbocycles. The first-order valence-electron chi connectivity index (χ1n) is 6.05. The van der Waals surface area contributed by atoms with Gasteiger partial charge in [-0.1, -0.05) is 6.08 Å². The van der Waals surface area contributed by atoms with Gasteiger partial charge in [-0.25, -0.2) is 0 Å². The Morgan fingerprint density at radius 1 is 1.20 bits per heavy atom. The van der Waals surface area contributed by atoms with Gasteiger partial charge in [0.25, 0.3) is 0 Å². The summed E-state index contributed by atoms with van der Waals surface area (Å²) in [7, 11) is 0. The number of piperazine rings is 1. The fourth-order valence-electron chi connectivity index (χ4n) is 2.41. The summed E-state index contributed by atoms with van der Waals surface area (Å²) in [6.45, 7) is 11.7. The normalized spacial score (nSPS) is 29.5. The lowest BCUT2D eigenvalue weighted by atomic mass is 10.2. The van der Waals surface area contributed by atoms with Crippen molar-refractivity contribution in [3.8, 4) is 0 Å². The number of hydrogen-bond donors (Lipinski definition) is 0. The molecule has 2 heterocycles. The third-order valence-electron chi connectivity index (χ3n) is 3.34. The van der Waals surface area contributed by atoms with E-state index in [0.717, 1.165) is 19.7 Å². The zero-order chi connectivity index (χ0) is 10.5. The molecule has 0 spiro atoms. The second kappa shape index (κ2) is 5.64. The van der Waals surface area contributed by atoms with Gasteiger partial charge >= 0.3 is 0 Å². The molecule has 2 fully saturated rings. The van der Waals surface area contributed by atoms with Crippen LogP contribution in [0.25, 0.3) is 0 Å². The monoisotopic (exact) mass is 210 g/mol. The second-order valence-corrected chi connectivity index (χ2v) is 4.52. The van der Waals surface area contributed by atoms with Crippen LogP contribution in [-0.2, 0) is 4.74 Å². The SMILES string of the molecule is C=CCN1CCN(C[C@H]2CCCO2)CC1. The molecule has 0 aromatic rings. The smallest absolute Gasteiger partial charge is 0.0702 e. The number of rotatable bonds is 4. The molecule has 0 amide bonds. The Labute approximate surface area is 92.7 Å². The molecule has 3 nitrogen and oxygen atoms in total. The van der Waals surface area contributed by atoms with Crippen LogP contribution in [-0.4, -0.2) is 61.8 Å². The van der Waals surface area contributed by atoms with Gasteiger partial charge in [0.1, 0.15) is 0 Å². The summed E-state index contributed by atoms with van der Waals surface area (Å²) in [6.07, 6.45) is 5.01. The predicted octanol–water partition coefficient (Wildman–Crippen LogP) is 0.969. The molecule has 1 atom stereocenters. The molecule has 15 heavy (non-hydrogen) atoms. The maximum absolute atomic E-state index is 5.66. The summed E-state index contributed by atoms with van der Waals surface area (Å²) >= 11 is 0. The number of nitrogens with zero attached hydrogens (tertiary/aromatic N) is 2. The molecule has 2 aliphatic heterocycles. The molecule has 0 aromatic carbocycles. The molecule has 2 saturated heterocycles. The Bertz CT molecular complexity index is 194. The standard InChI is InChI=1S/C12H22N2O/c1-2-5-13-6-8-14(9-7-13)11-12-4-3-10-15-12/h2,12H,1,3-11H2/t12-/m1/s1. The van der Waals surface area contributed by atoms with E-state index in [2.05, 4.69) is 16.4 Å². The van der Waals surface area contributed by atoms with E-state index in [0.29, 0.717) is 6.10 Å². The van der Waals surface area contributed by atoms with Crippen LogP contribution in [0.5, 0.6) is 0 Å². The molecule has 0 N–H and O–H groups in total. The third kappa shape index (κ3) is 3.30. The van der Waals surface area contributed by atoms with Crippen LogP contribution in [0.3, 0.4) is 0 Å². The summed E-state index contributed by atoms with van der Waals surface area (Å²) in [5.74, 6) is 0. The van der Waals surface area contributed by atoms with Crippen molar-refractivity contribution in [3.05, 3.63) is 12.7 Å². The fraction of sp³-hybridized carbons (Fsp3) is 0.833. The molecule has 3 heteroatoms. The zero-order valence-electron chi connectivity index (χ0n) is 9.53. The molecule has 0 saturated carbocycles. The largest absolute Gasteiger partial charge is 0.377 e. The van der Waals surface area contributed by atoms with Gasteiger partial charge in [0.2, 0.25) is 0 Å². The van der Waals surface area contributed by atoms with Gasteiger partial charge < -0.3 is 4.74 Å². The Hall–Kier alpha value is -0.380. The van der Waals surface area contributed by atoms with E-state index in [4.69, 9.17) is 4.74 Å². The summed E-state index contributed by atoms with van der Waals surface area (Å²) in [5.41, 5.74) is 0. The van der Waals surface area contributed by atoms with Crippen LogP contribution in [0.4, 0.5) is 0 Å². The second-order valence-electron chi connectivity index (χ2n) is 4.52. The van der Waals surface area contributed by atoms with Crippen LogP contribution in [0, 0.1) is 0 Å². The van der Waals surface area contributed by atoms with Crippen molar-refractivity contribution in [1.29, 1.82) is 0 Å². The Morgan fingerprint density at radius 3 is 2.53 bits per heavy atom. The highest BCUT2D eigenvalue weighted by molar-refractivity contribution is 4.80. The summed E-state index contributed by atoms with van der Waals surface area (Å²) in [6, 6.07) is 0. The lowest BCUT2D eigenvalue weighted by Gasteiger charge is -2.35. The summed E-state index contributed by atoms with van der Waals surface area (Å²) < 4.78 is 5.66.